The number of nitrogen functional groups attached to an aromatic ring is 1. The number of pyridine rings is 1. The lowest BCUT2D eigenvalue weighted by atomic mass is 10.1. The van der Waals surface area contributed by atoms with Gasteiger partial charge in [-0.2, -0.15) is 9.36 Å². The normalized spacial score (nSPS) is 17.0. The van der Waals surface area contributed by atoms with Gasteiger partial charge >= 0.3 is 0 Å². The van der Waals surface area contributed by atoms with Crippen LogP contribution in [0.2, 0.25) is 0 Å². The molecule has 7 nitrogen and oxygen atoms in total. The van der Waals surface area contributed by atoms with E-state index >= 15 is 0 Å². The second-order valence-corrected chi connectivity index (χ2v) is 7.68. The molecule has 0 unspecified atom stereocenters. The van der Waals surface area contributed by atoms with E-state index in [4.69, 9.17) is 10.5 Å². The molecule has 0 aliphatic carbocycles. The quantitative estimate of drug-likeness (QED) is 0.593. The maximum Gasteiger partial charge on any atom is 0.203 e. The topological polar surface area (TPSA) is 89.2 Å². The van der Waals surface area contributed by atoms with Gasteiger partial charge in [0, 0.05) is 53.3 Å². The Bertz CT molecular complexity index is 916. The molecule has 0 saturated carbocycles. The third-order valence-electron chi connectivity index (χ3n) is 5.05. The fourth-order valence-corrected chi connectivity index (χ4v) is 3.94. The SMILES string of the molecule is CN1CCC[C@H]1COc1cccc(N)c1CNc1nc(-c2ccncc2)ns1. The Kier molecular flexibility index (Phi) is 5.68. The Hall–Kier alpha value is -2.71. The van der Waals surface area contributed by atoms with Crippen molar-refractivity contribution in [2.45, 2.75) is 25.4 Å². The highest BCUT2D eigenvalue weighted by Gasteiger charge is 2.22. The van der Waals surface area contributed by atoms with Crippen LogP contribution < -0.4 is 15.8 Å². The predicted octanol–water partition coefficient (Wildman–Crippen LogP) is 3.27. The maximum atomic E-state index is 6.22. The fourth-order valence-electron chi connectivity index (χ4n) is 3.36. The van der Waals surface area contributed by atoms with Crippen molar-refractivity contribution in [2.24, 2.45) is 0 Å². The molecule has 1 aromatic carbocycles. The van der Waals surface area contributed by atoms with Gasteiger partial charge in [-0.05, 0) is 50.7 Å². The van der Waals surface area contributed by atoms with Crippen LogP contribution >= 0.6 is 11.5 Å². The number of likely N-dealkylation sites (N-methyl/N-ethyl adjacent to an activating group) is 1. The van der Waals surface area contributed by atoms with Crippen LogP contribution in [0.1, 0.15) is 18.4 Å². The molecule has 1 fully saturated rings. The van der Waals surface area contributed by atoms with E-state index in [1.54, 1.807) is 12.4 Å². The van der Waals surface area contributed by atoms with E-state index in [0.717, 1.165) is 28.6 Å². The number of likely N-dealkylation sites (tertiary alicyclic amines) is 1. The van der Waals surface area contributed by atoms with Gasteiger partial charge < -0.3 is 20.7 Å². The summed E-state index contributed by atoms with van der Waals surface area (Å²) in [6.07, 6.45) is 5.88. The lowest BCUT2D eigenvalue weighted by molar-refractivity contribution is 0.197. The van der Waals surface area contributed by atoms with E-state index in [1.165, 1.54) is 24.4 Å². The maximum absolute atomic E-state index is 6.22. The number of hydrogen-bond donors (Lipinski definition) is 2. The highest BCUT2D eigenvalue weighted by molar-refractivity contribution is 7.09. The zero-order valence-corrected chi connectivity index (χ0v) is 16.7. The molecule has 3 N–H and O–H groups in total. The second kappa shape index (κ2) is 8.53. The lowest BCUT2D eigenvalue weighted by Crippen LogP contribution is -2.30. The summed E-state index contributed by atoms with van der Waals surface area (Å²) in [7, 11) is 2.15. The average Bonchev–Trinajstić information content (AvgIpc) is 3.35. The van der Waals surface area contributed by atoms with Gasteiger partial charge in [0.15, 0.2) is 5.82 Å². The summed E-state index contributed by atoms with van der Waals surface area (Å²) in [6, 6.07) is 10.1. The zero-order valence-electron chi connectivity index (χ0n) is 15.8. The van der Waals surface area contributed by atoms with Gasteiger partial charge in [0.1, 0.15) is 12.4 Å². The van der Waals surface area contributed by atoms with Crippen molar-refractivity contribution in [1.82, 2.24) is 19.2 Å². The molecule has 1 atom stereocenters. The van der Waals surface area contributed by atoms with Gasteiger partial charge in [-0.1, -0.05) is 6.07 Å². The van der Waals surface area contributed by atoms with Gasteiger partial charge in [-0.15, -0.1) is 0 Å². The third-order valence-corrected chi connectivity index (χ3v) is 5.73. The van der Waals surface area contributed by atoms with Crippen LogP contribution in [0.5, 0.6) is 5.75 Å². The summed E-state index contributed by atoms with van der Waals surface area (Å²) < 4.78 is 10.5. The molecule has 3 heterocycles. The number of aromatic nitrogens is 3. The van der Waals surface area contributed by atoms with Crippen molar-refractivity contribution in [1.29, 1.82) is 0 Å². The molecule has 0 amide bonds. The third kappa shape index (κ3) is 4.23. The second-order valence-electron chi connectivity index (χ2n) is 6.92. The molecule has 8 heteroatoms. The molecule has 1 saturated heterocycles. The number of nitrogens with zero attached hydrogens (tertiary/aromatic N) is 4. The van der Waals surface area contributed by atoms with E-state index in [2.05, 4.69) is 31.6 Å². The van der Waals surface area contributed by atoms with Crippen LogP contribution in [-0.4, -0.2) is 45.5 Å². The summed E-state index contributed by atoms with van der Waals surface area (Å²) in [5.41, 5.74) is 8.83. The molecule has 1 aliphatic heterocycles. The number of nitrogens with one attached hydrogen (secondary N) is 1. The first kappa shape index (κ1) is 18.6. The van der Waals surface area contributed by atoms with Crippen LogP contribution in [0.25, 0.3) is 11.4 Å². The molecule has 0 spiro atoms. The van der Waals surface area contributed by atoms with Crippen LogP contribution in [-0.2, 0) is 6.54 Å². The molecular formula is C20H24N6OS. The highest BCUT2D eigenvalue weighted by Crippen LogP contribution is 2.28. The molecule has 3 aromatic rings. The van der Waals surface area contributed by atoms with E-state index in [0.29, 0.717) is 30.7 Å². The van der Waals surface area contributed by atoms with E-state index in [-0.39, 0.29) is 0 Å². The number of anilines is 2. The predicted molar refractivity (Wildman–Crippen MR) is 112 cm³/mol. The molecule has 1 aliphatic rings. The van der Waals surface area contributed by atoms with E-state index in [1.807, 2.05) is 30.3 Å². The Morgan fingerprint density at radius 3 is 2.93 bits per heavy atom. The van der Waals surface area contributed by atoms with E-state index in [9.17, 15) is 0 Å². The molecule has 146 valence electrons. The van der Waals surface area contributed by atoms with Gasteiger partial charge in [0.05, 0.1) is 0 Å². The van der Waals surface area contributed by atoms with Crippen molar-refractivity contribution in [3.8, 4) is 17.1 Å². The first-order valence-corrected chi connectivity index (χ1v) is 10.2. The number of ether oxygens (including phenoxy) is 1. The van der Waals surface area contributed by atoms with Crippen LogP contribution in [0.15, 0.2) is 42.7 Å². The molecule has 28 heavy (non-hydrogen) atoms. The van der Waals surface area contributed by atoms with Gasteiger partial charge in [0.2, 0.25) is 5.13 Å². The van der Waals surface area contributed by atoms with Crippen LogP contribution in [0, 0.1) is 0 Å². The fraction of sp³-hybridized carbons (Fsp3) is 0.350. The largest absolute Gasteiger partial charge is 0.492 e. The minimum Gasteiger partial charge on any atom is -0.492 e. The molecule has 0 bridgehead atoms. The zero-order chi connectivity index (χ0) is 19.3. The van der Waals surface area contributed by atoms with Crippen molar-refractivity contribution < 1.29 is 4.74 Å². The first-order chi connectivity index (χ1) is 13.7. The van der Waals surface area contributed by atoms with Crippen molar-refractivity contribution in [3.05, 3.63) is 48.3 Å². The summed E-state index contributed by atoms with van der Waals surface area (Å²) >= 11 is 1.33. The highest BCUT2D eigenvalue weighted by atomic mass is 32.1. The van der Waals surface area contributed by atoms with Crippen LogP contribution in [0.3, 0.4) is 0 Å². The standard InChI is InChI=1S/C20H24N6OS/c1-26-11-3-4-15(26)13-27-18-6-2-5-17(21)16(18)12-23-20-24-19(25-28-20)14-7-9-22-10-8-14/h2,5-10,15H,3-4,11-13,21H2,1H3,(H,23,24,25)/t15-/m0/s1. The smallest absolute Gasteiger partial charge is 0.203 e. The Balaban J connectivity index is 1.42. The van der Waals surface area contributed by atoms with Gasteiger partial charge in [-0.25, -0.2) is 0 Å². The lowest BCUT2D eigenvalue weighted by Gasteiger charge is -2.21. The Labute approximate surface area is 168 Å². The Morgan fingerprint density at radius 1 is 1.29 bits per heavy atom. The van der Waals surface area contributed by atoms with Gasteiger partial charge in [0.25, 0.3) is 0 Å². The monoisotopic (exact) mass is 396 g/mol. The minimum atomic E-state index is 0.466. The average molecular weight is 397 g/mol. The molecule has 2 aromatic heterocycles. The summed E-state index contributed by atoms with van der Waals surface area (Å²) in [5.74, 6) is 1.52. The number of hydrogen-bond acceptors (Lipinski definition) is 8. The first-order valence-electron chi connectivity index (χ1n) is 9.39. The summed E-state index contributed by atoms with van der Waals surface area (Å²) in [4.78, 5) is 10.9. The number of benzene rings is 1. The minimum absolute atomic E-state index is 0.466. The van der Waals surface area contributed by atoms with Crippen LogP contribution in [0.4, 0.5) is 10.8 Å². The van der Waals surface area contributed by atoms with Crippen molar-refractivity contribution in [3.63, 3.8) is 0 Å². The summed E-state index contributed by atoms with van der Waals surface area (Å²) in [6.45, 7) is 2.35. The number of nitrogens with two attached hydrogens (primary N) is 1. The van der Waals surface area contributed by atoms with E-state index < -0.39 is 0 Å². The molecular weight excluding hydrogens is 372 g/mol. The molecule has 0 radical (unpaired) electrons. The number of rotatable bonds is 7. The molecule has 4 rings (SSSR count). The summed E-state index contributed by atoms with van der Waals surface area (Å²) in [5, 5.41) is 4.07. The van der Waals surface area contributed by atoms with Crippen molar-refractivity contribution >= 4 is 22.4 Å². The van der Waals surface area contributed by atoms with Gasteiger partial charge in [-0.3, -0.25) is 4.98 Å². The van der Waals surface area contributed by atoms with Crippen molar-refractivity contribution in [2.75, 3.05) is 31.2 Å². The Morgan fingerprint density at radius 2 is 2.14 bits per heavy atom.